The average molecular weight is 125 g/mol. The molecule has 0 unspecified atom stereocenters. The lowest BCUT2D eigenvalue weighted by molar-refractivity contribution is 0.769. The summed E-state index contributed by atoms with van der Waals surface area (Å²) in [5.41, 5.74) is 0. The van der Waals surface area contributed by atoms with Gasteiger partial charge in [-0.25, -0.2) is 0 Å². The quantitative estimate of drug-likeness (QED) is 0.543. The molecule has 0 radical (unpaired) electrons. The maximum Gasteiger partial charge on any atom is 0.0191 e. The predicted octanol–water partition coefficient (Wildman–Crippen LogP) is 2.53. The molecule has 1 rings (SSSR count). The van der Waals surface area contributed by atoms with Crippen LogP contribution in [0.15, 0.2) is 24.5 Å². The van der Waals surface area contributed by atoms with Gasteiger partial charge in [0.25, 0.3) is 0 Å². The van der Waals surface area contributed by atoms with E-state index in [-0.39, 0.29) is 0 Å². The van der Waals surface area contributed by atoms with Gasteiger partial charge in [-0.1, -0.05) is 13.8 Å². The third-order valence-electron chi connectivity index (χ3n) is 1.03. The first-order valence-electron chi connectivity index (χ1n) is 3.54. The van der Waals surface area contributed by atoms with Gasteiger partial charge in [0.1, 0.15) is 0 Å². The fourth-order valence-corrected chi connectivity index (χ4v) is 0.581. The molecule has 0 aliphatic carbocycles. The third kappa shape index (κ3) is 2.96. The molecule has 1 aromatic rings. The van der Waals surface area contributed by atoms with E-state index in [1.165, 1.54) is 0 Å². The van der Waals surface area contributed by atoms with Crippen molar-refractivity contribution in [2.24, 2.45) is 0 Å². The Morgan fingerprint density at radius 1 is 1.11 bits per heavy atom. The molecule has 1 heterocycles. The minimum atomic E-state index is 1.08. The second-order valence-electron chi connectivity index (χ2n) is 1.51. The molecule has 1 nitrogen and oxygen atoms in total. The van der Waals surface area contributed by atoms with Gasteiger partial charge in [0, 0.05) is 18.9 Å². The molecule has 0 N–H and O–H groups in total. The predicted molar refractivity (Wildman–Crippen MR) is 41.5 cm³/mol. The standard InChI is InChI=1S/C6H9N.C2H6/c1-2-7-5-3-4-6-7;1-2/h3-6H,2H2,1H3;1-2H3. The molecular weight excluding hydrogens is 110 g/mol. The lowest BCUT2D eigenvalue weighted by Gasteiger charge is -1.89. The van der Waals surface area contributed by atoms with Crippen LogP contribution < -0.4 is 0 Å². The van der Waals surface area contributed by atoms with E-state index in [1.807, 2.05) is 26.0 Å². The Labute approximate surface area is 57.3 Å². The van der Waals surface area contributed by atoms with Crippen molar-refractivity contribution in [1.29, 1.82) is 0 Å². The molecule has 1 aromatic heterocycles. The highest BCUT2D eigenvalue weighted by atomic mass is 14.9. The lowest BCUT2D eigenvalue weighted by Crippen LogP contribution is -1.85. The van der Waals surface area contributed by atoms with E-state index >= 15 is 0 Å². The zero-order valence-corrected chi connectivity index (χ0v) is 6.46. The van der Waals surface area contributed by atoms with Gasteiger partial charge in [0.05, 0.1) is 0 Å². The monoisotopic (exact) mass is 125 g/mol. The van der Waals surface area contributed by atoms with Crippen molar-refractivity contribution >= 4 is 0 Å². The van der Waals surface area contributed by atoms with Crippen LogP contribution in [-0.4, -0.2) is 4.57 Å². The van der Waals surface area contributed by atoms with Gasteiger partial charge in [-0.15, -0.1) is 0 Å². The van der Waals surface area contributed by atoms with Crippen LogP contribution in [0.25, 0.3) is 0 Å². The zero-order chi connectivity index (χ0) is 7.11. The van der Waals surface area contributed by atoms with Gasteiger partial charge in [-0.3, -0.25) is 0 Å². The molecule has 0 atom stereocenters. The van der Waals surface area contributed by atoms with Crippen LogP contribution in [0, 0.1) is 0 Å². The van der Waals surface area contributed by atoms with Gasteiger partial charge in [-0.2, -0.15) is 0 Å². The largest absolute Gasteiger partial charge is 0.355 e. The summed E-state index contributed by atoms with van der Waals surface area (Å²) in [7, 11) is 0. The van der Waals surface area contributed by atoms with Gasteiger partial charge in [0.2, 0.25) is 0 Å². The Morgan fingerprint density at radius 3 is 1.78 bits per heavy atom. The Hall–Kier alpha value is -0.720. The van der Waals surface area contributed by atoms with Gasteiger partial charge in [-0.05, 0) is 19.1 Å². The second-order valence-corrected chi connectivity index (χ2v) is 1.51. The van der Waals surface area contributed by atoms with E-state index in [1.54, 1.807) is 0 Å². The number of rotatable bonds is 1. The fourth-order valence-electron chi connectivity index (χ4n) is 0.581. The van der Waals surface area contributed by atoms with Crippen LogP contribution in [0.4, 0.5) is 0 Å². The second kappa shape index (κ2) is 5.42. The first-order chi connectivity index (χ1) is 4.43. The molecule has 0 saturated carbocycles. The first-order valence-corrected chi connectivity index (χ1v) is 3.54. The molecule has 52 valence electrons. The van der Waals surface area contributed by atoms with Crippen LogP contribution in [0.3, 0.4) is 0 Å². The number of aromatic nitrogens is 1. The topological polar surface area (TPSA) is 4.93 Å². The molecule has 0 saturated heterocycles. The molecule has 0 spiro atoms. The van der Waals surface area contributed by atoms with E-state index in [9.17, 15) is 0 Å². The third-order valence-corrected chi connectivity index (χ3v) is 1.03. The molecular formula is C8H15N. The van der Waals surface area contributed by atoms with E-state index < -0.39 is 0 Å². The number of hydrogen-bond donors (Lipinski definition) is 0. The van der Waals surface area contributed by atoms with Crippen molar-refractivity contribution in [2.45, 2.75) is 27.3 Å². The fraction of sp³-hybridized carbons (Fsp3) is 0.500. The van der Waals surface area contributed by atoms with E-state index in [2.05, 4.69) is 23.9 Å². The summed E-state index contributed by atoms with van der Waals surface area (Å²) < 4.78 is 2.12. The van der Waals surface area contributed by atoms with E-state index in [0.29, 0.717) is 0 Å². The number of aryl methyl sites for hydroxylation is 1. The van der Waals surface area contributed by atoms with Crippen LogP contribution in [0.5, 0.6) is 0 Å². The molecule has 0 aromatic carbocycles. The van der Waals surface area contributed by atoms with Crippen molar-refractivity contribution in [3.8, 4) is 0 Å². The summed E-state index contributed by atoms with van der Waals surface area (Å²) in [5.74, 6) is 0. The summed E-state index contributed by atoms with van der Waals surface area (Å²) >= 11 is 0. The molecule has 0 aliphatic rings. The highest BCUT2D eigenvalue weighted by Gasteiger charge is 1.75. The minimum absolute atomic E-state index is 1.08. The van der Waals surface area contributed by atoms with Gasteiger partial charge < -0.3 is 4.57 Å². The van der Waals surface area contributed by atoms with Gasteiger partial charge >= 0.3 is 0 Å². The Kier molecular flexibility index (Phi) is 4.98. The molecule has 0 amide bonds. The first kappa shape index (κ1) is 8.28. The molecule has 1 heteroatoms. The number of hydrogen-bond acceptors (Lipinski definition) is 0. The van der Waals surface area contributed by atoms with Crippen molar-refractivity contribution in [1.82, 2.24) is 4.57 Å². The average Bonchev–Trinajstić information content (AvgIpc) is 2.43. The SMILES string of the molecule is CC.CCn1cccc1. The molecule has 0 bridgehead atoms. The van der Waals surface area contributed by atoms with Gasteiger partial charge in [0.15, 0.2) is 0 Å². The highest BCUT2D eigenvalue weighted by Crippen LogP contribution is 1.86. The minimum Gasteiger partial charge on any atom is -0.355 e. The van der Waals surface area contributed by atoms with Crippen LogP contribution >= 0.6 is 0 Å². The lowest BCUT2D eigenvalue weighted by atomic mass is 10.7. The van der Waals surface area contributed by atoms with Crippen molar-refractivity contribution < 1.29 is 0 Å². The summed E-state index contributed by atoms with van der Waals surface area (Å²) in [4.78, 5) is 0. The van der Waals surface area contributed by atoms with Crippen molar-refractivity contribution in [3.63, 3.8) is 0 Å². The maximum absolute atomic E-state index is 2.12. The summed E-state index contributed by atoms with van der Waals surface area (Å²) in [6.45, 7) is 7.20. The zero-order valence-electron chi connectivity index (χ0n) is 6.46. The molecule has 0 fully saturated rings. The van der Waals surface area contributed by atoms with Crippen LogP contribution in [-0.2, 0) is 6.54 Å². The normalized spacial score (nSPS) is 7.89. The van der Waals surface area contributed by atoms with E-state index in [0.717, 1.165) is 6.54 Å². The van der Waals surface area contributed by atoms with Crippen LogP contribution in [0.1, 0.15) is 20.8 Å². The number of nitrogens with zero attached hydrogens (tertiary/aromatic N) is 1. The molecule has 9 heavy (non-hydrogen) atoms. The Bertz CT molecular complexity index is 119. The van der Waals surface area contributed by atoms with E-state index in [4.69, 9.17) is 0 Å². The summed E-state index contributed by atoms with van der Waals surface area (Å²) in [6, 6.07) is 4.06. The van der Waals surface area contributed by atoms with Crippen molar-refractivity contribution in [2.75, 3.05) is 0 Å². The van der Waals surface area contributed by atoms with Crippen LogP contribution in [0.2, 0.25) is 0 Å². The summed E-state index contributed by atoms with van der Waals surface area (Å²) in [5, 5.41) is 0. The Morgan fingerprint density at radius 2 is 1.56 bits per heavy atom. The smallest absolute Gasteiger partial charge is 0.0191 e. The summed E-state index contributed by atoms with van der Waals surface area (Å²) in [6.07, 6.45) is 4.11. The maximum atomic E-state index is 2.12. The Balaban J connectivity index is 0.000000291. The molecule has 0 aliphatic heterocycles. The highest BCUT2D eigenvalue weighted by molar-refractivity contribution is 4.89. The van der Waals surface area contributed by atoms with Crippen molar-refractivity contribution in [3.05, 3.63) is 24.5 Å².